The highest BCUT2D eigenvalue weighted by Gasteiger charge is 2.34. The van der Waals surface area contributed by atoms with E-state index in [1.54, 1.807) is 18.5 Å². The fraction of sp³-hybridized carbons (Fsp3) is 0.483. The quantitative estimate of drug-likeness (QED) is 0.260. The van der Waals surface area contributed by atoms with Crippen LogP contribution in [-0.2, 0) is 47.2 Å². The van der Waals surface area contributed by atoms with E-state index in [1.807, 2.05) is 30.3 Å². The first-order valence-electron chi connectivity index (χ1n) is 13.5. The number of thiophene rings is 1. The standard InChI is InChI=1S/C29H37N5O4S2/c1-6-38-27(37)25-20-13-12-19(29(2,3)4)15-21(20)40-26(25)31-24(36)17-39-28-33-32-22(34(28)5)16-30-23(35)14-18-10-8-7-9-11-18/h7-11,19H,6,12-17H2,1-5H3,(H,30,35)(H,31,36). The SMILES string of the molecule is CCOC(=O)c1c(NC(=O)CSc2nnc(CNC(=O)Cc3ccccc3)n2C)sc2c1CCC(C(C)(C)C)C2. The minimum absolute atomic E-state index is 0.0990. The molecule has 1 unspecified atom stereocenters. The van der Waals surface area contributed by atoms with Crippen LogP contribution in [0.4, 0.5) is 5.00 Å². The van der Waals surface area contributed by atoms with Crippen molar-refractivity contribution < 1.29 is 19.1 Å². The highest BCUT2D eigenvalue weighted by molar-refractivity contribution is 7.99. The fourth-order valence-corrected chi connectivity index (χ4v) is 6.83. The van der Waals surface area contributed by atoms with Gasteiger partial charge in [-0.05, 0) is 48.6 Å². The number of nitrogens with zero attached hydrogens (tertiary/aromatic N) is 3. The molecule has 0 saturated carbocycles. The van der Waals surface area contributed by atoms with Crippen molar-refractivity contribution in [3.63, 3.8) is 0 Å². The number of rotatable bonds is 10. The van der Waals surface area contributed by atoms with E-state index in [-0.39, 0.29) is 48.5 Å². The monoisotopic (exact) mass is 583 g/mol. The van der Waals surface area contributed by atoms with Crippen molar-refractivity contribution in [1.82, 2.24) is 20.1 Å². The highest BCUT2D eigenvalue weighted by atomic mass is 32.2. The Morgan fingerprint density at radius 3 is 2.60 bits per heavy atom. The van der Waals surface area contributed by atoms with Crippen molar-refractivity contribution in [3.8, 4) is 0 Å². The van der Waals surface area contributed by atoms with Crippen molar-refractivity contribution in [2.24, 2.45) is 18.4 Å². The first-order chi connectivity index (χ1) is 19.1. The Kier molecular flexibility index (Phi) is 9.68. The third-order valence-corrected chi connectivity index (χ3v) is 9.32. The van der Waals surface area contributed by atoms with E-state index in [4.69, 9.17) is 4.74 Å². The number of fused-ring (bicyclic) bond motifs is 1. The number of hydrogen-bond donors (Lipinski definition) is 2. The Bertz CT molecular complexity index is 1360. The number of esters is 1. The third kappa shape index (κ3) is 7.31. The lowest BCUT2D eigenvalue weighted by molar-refractivity contribution is -0.120. The summed E-state index contributed by atoms with van der Waals surface area (Å²) in [6, 6.07) is 9.53. The molecule has 0 aliphatic heterocycles. The lowest BCUT2D eigenvalue weighted by Gasteiger charge is -2.33. The molecule has 40 heavy (non-hydrogen) atoms. The number of benzene rings is 1. The molecular weight excluding hydrogens is 546 g/mol. The van der Waals surface area contributed by atoms with Crippen LogP contribution in [0.15, 0.2) is 35.5 Å². The molecule has 1 aromatic carbocycles. The molecule has 11 heteroatoms. The number of carbonyl (C=O) groups is 3. The summed E-state index contributed by atoms with van der Waals surface area (Å²) in [7, 11) is 1.80. The molecule has 0 saturated heterocycles. The van der Waals surface area contributed by atoms with Gasteiger partial charge in [-0.3, -0.25) is 9.59 Å². The van der Waals surface area contributed by atoms with E-state index in [2.05, 4.69) is 41.6 Å². The highest BCUT2D eigenvalue weighted by Crippen LogP contribution is 2.44. The Morgan fingerprint density at radius 1 is 1.15 bits per heavy atom. The summed E-state index contributed by atoms with van der Waals surface area (Å²) in [5, 5.41) is 15.3. The van der Waals surface area contributed by atoms with Crippen molar-refractivity contribution in [1.29, 1.82) is 0 Å². The van der Waals surface area contributed by atoms with E-state index < -0.39 is 0 Å². The van der Waals surface area contributed by atoms with E-state index in [1.165, 1.54) is 23.1 Å². The molecule has 3 aromatic rings. The molecule has 2 amide bonds. The first kappa shape index (κ1) is 29.8. The average molecular weight is 584 g/mol. The van der Waals surface area contributed by atoms with Crippen LogP contribution >= 0.6 is 23.1 Å². The van der Waals surface area contributed by atoms with Crippen LogP contribution in [0.25, 0.3) is 0 Å². The molecule has 0 fully saturated rings. The van der Waals surface area contributed by atoms with Crippen molar-refractivity contribution in [2.45, 2.75) is 65.1 Å². The zero-order valence-electron chi connectivity index (χ0n) is 23.7. The molecule has 9 nitrogen and oxygen atoms in total. The van der Waals surface area contributed by atoms with E-state index in [0.717, 1.165) is 35.3 Å². The largest absolute Gasteiger partial charge is 0.462 e. The second kappa shape index (κ2) is 13.0. The Morgan fingerprint density at radius 2 is 1.90 bits per heavy atom. The average Bonchev–Trinajstić information content (AvgIpc) is 3.45. The number of amides is 2. The van der Waals surface area contributed by atoms with Gasteiger partial charge in [0, 0.05) is 11.9 Å². The summed E-state index contributed by atoms with van der Waals surface area (Å²) in [5.74, 6) is 0.482. The summed E-state index contributed by atoms with van der Waals surface area (Å²) in [5.41, 5.74) is 2.62. The summed E-state index contributed by atoms with van der Waals surface area (Å²) in [4.78, 5) is 39.3. The maximum absolute atomic E-state index is 13.0. The second-order valence-corrected chi connectivity index (χ2v) is 13.0. The van der Waals surface area contributed by atoms with Gasteiger partial charge in [0.25, 0.3) is 0 Å². The maximum Gasteiger partial charge on any atom is 0.341 e. The Balaban J connectivity index is 1.36. The summed E-state index contributed by atoms with van der Waals surface area (Å²) < 4.78 is 7.11. The van der Waals surface area contributed by atoms with Gasteiger partial charge in [-0.25, -0.2) is 4.79 Å². The van der Waals surface area contributed by atoms with Crippen molar-refractivity contribution >= 4 is 45.9 Å². The normalized spacial score (nSPS) is 14.9. The summed E-state index contributed by atoms with van der Waals surface area (Å²) in [6.07, 6.45) is 2.99. The molecule has 2 aromatic heterocycles. The molecule has 1 atom stereocenters. The van der Waals surface area contributed by atoms with Crippen LogP contribution in [0.3, 0.4) is 0 Å². The third-order valence-electron chi connectivity index (χ3n) is 7.13. The number of nitrogens with one attached hydrogen (secondary N) is 2. The number of hydrogen-bond acceptors (Lipinski definition) is 8. The van der Waals surface area contributed by atoms with Crippen LogP contribution in [-0.4, -0.2) is 44.9 Å². The minimum Gasteiger partial charge on any atom is -0.462 e. The van der Waals surface area contributed by atoms with Gasteiger partial charge in [0.2, 0.25) is 11.8 Å². The number of anilines is 1. The van der Waals surface area contributed by atoms with Crippen molar-refractivity contribution in [2.75, 3.05) is 17.7 Å². The first-order valence-corrected chi connectivity index (χ1v) is 15.3. The number of carbonyl (C=O) groups excluding carboxylic acids is 3. The topological polar surface area (TPSA) is 115 Å². The molecule has 0 spiro atoms. The molecule has 2 N–H and O–H groups in total. The van der Waals surface area contributed by atoms with Gasteiger partial charge in [-0.1, -0.05) is 62.9 Å². The minimum atomic E-state index is -0.385. The van der Waals surface area contributed by atoms with Crippen molar-refractivity contribution in [3.05, 3.63) is 57.7 Å². The number of ether oxygens (including phenoxy) is 1. The van der Waals surface area contributed by atoms with Gasteiger partial charge in [0.05, 0.1) is 30.9 Å². The number of thioether (sulfide) groups is 1. The molecule has 1 aliphatic carbocycles. The van der Waals surface area contributed by atoms with Crippen LogP contribution in [0.1, 0.15) is 66.3 Å². The molecule has 4 rings (SSSR count). The van der Waals surface area contributed by atoms with E-state index in [0.29, 0.717) is 27.5 Å². The van der Waals surface area contributed by atoms with Crippen LogP contribution in [0.2, 0.25) is 0 Å². The van der Waals surface area contributed by atoms with Gasteiger partial charge >= 0.3 is 5.97 Å². The zero-order valence-corrected chi connectivity index (χ0v) is 25.3. The summed E-state index contributed by atoms with van der Waals surface area (Å²) in [6.45, 7) is 9.04. The fourth-order valence-electron chi connectivity index (χ4n) is 4.77. The lowest BCUT2D eigenvalue weighted by atomic mass is 9.72. The zero-order chi connectivity index (χ0) is 28.9. The number of aromatic nitrogens is 3. The molecule has 0 bridgehead atoms. The van der Waals surface area contributed by atoms with Gasteiger partial charge in [-0.15, -0.1) is 21.5 Å². The molecule has 1 aliphatic rings. The lowest BCUT2D eigenvalue weighted by Crippen LogP contribution is -2.26. The van der Waals surface area contributed by atoms with E-state index >= 15 is 0 Å². The van der Waals surface area contributed by atoms with Crippen LogP contribution in [0, 0.1) is 11.3 Å². The predicted octanol–water partition coefficient (Wildman–Crippen LogP) is 4.79. The second-order valence-electron chi connectivity index (χ2n) is 11.0. The summed E-state index contributed by atoms with van der Waals surface area (Å²) >= 11 is 2.74. The molecular formula is C29H37N5O4S2. The van der Waals surface area contributed by atoms with Gasteiger partial charge < -0.3 is 19.9 Å². The smallest absolute Gasteiger partial charge is 0.341 e. The van der Waals surface area contributed by atoms with Gasteiger partial charge in [0.15, 0.2) is 11.0 Å². The predicted molar refractivity (Wildman–Crippen MR) is 158 cm³/mol. The molecule has 0 radical (unpaired) electrons. The molecule has 214 valence electrons. The van der Waals surface area contributed by atoms with E-state index in [9.17, 15) is 14.4 Å². The van der Waals surface area contributed by atoms with Gasteiger partial charge in [0.1, 0.15) is 5.00 Å². The maximum atomic E-state index is 13.0. The Hall–Kier alpha value is -3.18. The van der Waals surface area contributed by atoms with Crippen LogP contribution < -0.4 is 10.6 Å². The van der Waals surface area contributed by atoms with Crippen LogP contribution in [0.5, 0.6) is 0 Å². The Labute approximate surface area is 243 Å². The van der Waals surface area contributed by atoms with Gasteiger partial charge in [-0.2, -0.15) is 0 Å². The molecule has 2 heterocycles.